The molecule has 1 saturated heterocycles. The van der Waals surface area contributed by atoms with E-state index >= 15 is 0 Å². The second-order valence-corrected chi connectivity index (χ2v) is 6.91. The summed E-state index contributed by atoms with van der Waals surface area (Å²) >= 11 is 0. The minimum Gasteiger partial charge on any atom is -0.490 e. The predicted octanol–water partition coefficient (Wildman–Crippen LogP) is 4.74. The van der Waals surface area contributed by atoms with Crippen LogP contribution < -0.4 is 9.64 Å². The maximum atomic E-state index is 13.4. The minimum absolute atomic E-state index is 0.0647. The molecule has 5 nitrogen and oxygen atoms in total. The molecule has 0 amide bonds. The molecule has 0 atom stereocenters. The highest BCUT2D eigenvalue weighted by Gasteiger charge is 2.35. The van der Waals surface area contributed by atoms with Gasteiger partial charge in [-0.2, -0.15) is 13.2 Å². The molecule has 0 N–H and O–H groups in total. The van der Waals surface area contributed by atoms with E-state index in [0.29, 0.717) is 31.7 Å². The van der Waals surface area contributed by atoms with E-state index in [0.717, 1.165) is 6.07 Å². The molecule has 1 aliphatic rings. The fraction of sp³-hybridized carbons (Fsp3) is 0.286. The van der Waals surface area contributed by atoms with Crippen LogP contribution in [0.25, 0.3) is 11.5 Å². The highest BCUT2D eigenvalue weighted by Crippen LogP contribution is 2.32. The topological polar surface area (TPSA) is 51.1 Å². The Morgan fingerprint density at radius 2 is 1.70 bits per heavy atom. The quantitative estimate of drug-likeness (QED) is 0.573. The fourth-order valence-corrected chi connectivity index (χ4v) is 3.26. The maximum Gasteiger partial charge on any atom is 0.433 e. The average Bonchev–Trinajstić information content (AvgIpc) is 2.76. The standard InChI is InChI=1S/C21H18F4N4O/c22-14-4-6-15(7-5-14)30-16-8-11-29(12-9-16)19-13-18(21(23,24)25)27-20(28-19)17-3-1-2-10-26-17/h1-7,10,13,16H,8-9,11-12H2. The largest absolute Gasteiger partial charge is 0.490 e. The molecular weight excluding hydrogens is 400 g/mol. The van der Waals surface area contributed by atoms with Gasteiger partial charge in [-0.25, -0.2) is 14.4 Å². The number of hydrogen-bond acceptors (Lipinski definition) is 5. The van der Waals surface area contributed by atoms with Crippen LogP contribution in [0.1, 0.15) is 18.5 Å². The zero-order chi connectivity index (χ0) is 21.1. The molecule has 1 aromatic carbocycles. The van der Waals surface area contributed by atoms with Gasteiger partial charge in [0.2, 0.25) is 0 Å². The van der Waals surface area contributed by atoms with Crippen molar-refractivity contribution in [3.63, 3.8) is 0 Å². The number of piperidine rings is 1. The summed E-state index contributed by atoms with van der Waals surface area (Å²) in [6.07, 6.45) is -2.02. The van der Waals surface area contributed by atoms with Crippen LogP contribution in [0.3, 0.4) is 0 Å². The number of ether oxygens (including phenoxy) is 1. The Bertz CT molecular complexity index is 988. The summed E-state index contributed by atoms with van der Waals surface area (Å²) in [6, 6.07) is 11.6. The maximum absolute atomic E-state index is 13.4. The van der Waals surface area contributed by atoms with Gasteiger partial charge in [0.05, 0.1) is 0 Å². The average molecular weight is 418 g/mol. The molecule has 0 radical (unpaired) electrons. The first-order chi connectivity index (χ1) is 14.4. The van der Waals surface area contributed by atoms with Crippen LogP contribution >= 0.6 is 0 Å². The number of anilines is 1. The van der Waals surface area contributed by atoms with E-state index in [1.807, 2.05) is 0 Å². The summed E-state index contributed by atoms with van der Waals surface area (Å²) in [4.78, 5) is 13.8. The molecular formula is C21H18F4N4O. The number of aromatic nitrogens is 3. The lowest BCUT2D eigenvalue weighted by Gasteiger charge is -2.33. The van der Waals surface area contributed by atoms with Crippen molar-refractivity contribution in [2.24, 2.45) is 0 Å². The van der Waals surface area contributed by atoms with E-state index in [-0.39, 0.29) is 29.3 Å². The van der Waals surface area contributed by atoms with Gasteiger partial charge in [0, 0.05) is 38.2 Å². The van der Waals surface area contributed by atoms with E-state index in [4.69, 9.17) is 4.74 Å². The molecule has 0 spiro atoms. The number of rotatable bonds is 4. The van der Waals surface area contributed by atoms with Crippen LogP contribution in [0.4, 0.5) is 23.4 Å². The van der Waals surface area contributed by atoms with Crippen LogP contribution in [0.5, 0.6) is 5.75 Å². The Morgan fingerprint density at radius 3 is 2.33 bits per heavy atom. The lowest BCUT2D eigenvalue weighted by molar-refractivity contribution is -0.141. The van der Waals surface area contributed by atoms with Crippen molar-refractivity contribution in [1.82, 2.24) is 15.0 Å². The first-order valence-corrected chi connectivity index (χ1v) is 9.43. The third kappa shape index (κ3) is 4.67. The summed E-state index contributed by atoms with van der Waals surface area (Å²) in [5.74, 6) is 0.363. The van der Waals surface area contributed by atoms with E-state index < -0.39 is 11.9 Å². The van der Waals surface area contributed by atoms with E-state index in [1.54, 1.807) is 35.2 Å². The number of halogens is 4. The molecule has 0 unspecified atom stereocenters. The van der Waals surface area contributed by atoms with Gasteiger partial charge in [-0.3, -0.25) is 4.98 Å². The summed E-state index contributed by atoms with van der Waals surface area (Å²) in [5, 5.41) is 0. The second kappa shape index (κ2) is 8.25. The van der Waals surface area contributed by atoms with Crippen LogP contribution in [0.15, 0.2) is 54.7 Å². The van der Waals surface area contributed by atoms with E-state index in [2.05, 4.69) is 15.0 Å². The number of pyridine rings is 1. The highest BCUT2D eigenvalue weighted by atomic mass is 19.4. The monoisotopic (exact) mass is 418 g/mol. The molecule has 156 valence electrons. The van der Waals surface area contributed by atoms with Crippen molar-refractivity contribution < 1.29 is 22.3 Å². The van der Waals surface area contributed by atoms with Crippen LogP contribution in [-0.2, 0) is 6.18 Å². The molecule has 0 bridgehead atoms. The Morgan fingerprint density at radius 1 is 0.967 bits per heavy atom. The molecule has 2 aromatic heterocycles. The lowest BCUT2D eigenvalue weighted by Crippen LogP contribution is -2.39. The Kier molecular flexibility index (Phi) is 5.52. The van der Waals surface area contributed by atoms with Crippen molar-refractivity contribution in [3.05, 3.63) is 66.2 Å². The molecule has 1 aliphatic heterocycles. The minimum atomic E-state index is -4.59. The Hall–Kier alpha value is -3.23. The Balaban J connectivity index is 1.52. The van der Waals surface area contributed by atoms with Crippen LogP contribution in [-0.4, -0.2) is 34.1 Å². The number of nitrogens with zero attached hydrogens (tertiary/aromatic N) is 4. The third-order valence-corrected chi connectivity index (χ3v) is 4.78. The van der Waals surface area contributed by atoms with Crippen molar-refractivity contribution in [1.29, 1.82) is 0 Å². The van der Waals surface area contributed by atoms with Gasteiger partial charge in [-0.15, -0.1) is 0 Å². The zero-order valence-electron chi connectivity index (χ0n) is 15.8. The first-order valence-electron chi connectivity index (χ1n) is 9.43. The van der Waals surface area contributed by atoms with Gasteiger partial charge in [-0.05, 0) is 36.4 Å². The van der Waals surface area contributed by atoms with Gasteiger partial charge in [0.1, 0.15) is 29.2 Å². The van der Waals surface area contributed by atoms with Crippen molar-refractivity contribution in [2.75, 3.05) is 18.0 Å². The van der Waals surface area contributed by atoms with Gasteiger partial charge >= 0.3 is 6.18 Å². The molecule has 3 aromatic rings. The smallest absolute Gasteiger partial charge is 0.433 e. The van der Waals surface area contributed by atoms with Crippen LogP contribution in [0.2, 0.25) is 0 Å². The molecule has 9 heteroatoms. The Labute approximate surface area is 170 Å². The van der Waals surface area contributed by atoms with Crippen LogP contribution in [0, 0.1) is 5.82 Å². The lowest BCUT2D eigenvalue weighted by atomic mass is 10.1. The van der Waals surface area contributed by atoms with E-state index in [1.165, 1.54) is 18.3 Å². The number of hydrogen-bond donors (Lipinski definition) is 0. The van der Waals surface area contributed by atoms with Crippen molar-refractivity contribution >= 4 is 5.82 Å². The molecule has 0 aliphatic carbocycles. The summed E-state index contributed by atoms with van der Waals surface area (Å²) in [7, 11) is 0. The molecule has 4 rings (SSSR count). The van der Waals surface area contributed by atoms with Gasteiger partial charge < -0.3 is 9.64 Å². The normalized spacial score (nSPS) is 15.3. The highest BCUT2D eigenvalue weighted by molar-refractivity contribution is 5.54. The zero-order valence-corrected chi connectivity index (χ0v) is 15.8. The van der Waals surface area contributed by atoms with Gasteiger partial charge in [-0.1, -0.05) is 6.07 Å². The molecule has 1 fully saturated rings. The predicted molar refractivity (Wildman–Crippen MR) is 103 cm³/mol. The first kappa shape index (κ1) is 20.1. The third-order valence-electron chi connectivity index (χ3n) is 4.78. The fourth-order valence-electron chi connectivity index (χ4n) is 3.26. The summed E-state index contributed by atoms with van der Waals surface area (Å²) in [5.41, 5.74) is -0.725. The summed E-state index contributed by atoms with van der Waals surface area (Å²) < 4.78 is 59.0. The molecule has 3 heterocycles. The molecule has 0 saturated carbocycles. The number of benzene rings is 1. The second-order valence-electron chi connectivity index (χ2n) is 6.91. The van der Waals surface area contributed by atoms with Gasteiger partial charge in [0.15, 0.2) is 11.5 Å². The van der Waals surface area contributed by atoms with Crippen molar-refractivity contribution in [2.45, 2.75) is 25.1 Å². The van der Waals surface area contributed by atoms with E-state index in [9.17, 15) is 17.6 Å². The van der Waals surface area contributed by atoms with Gasteiger partial charge in [0.25, 0.3) is 0 Å². The summed E-state index contributed by atoms with van der Waals surface area (Å²) in [6.45, 7) is 0.948. The number of alkyl halides is 3. The molecule has 30 heavy (non-hydrogen) atoms. The van der Waals surface area contributed by atoms with Crippen molar-refractivity contribution in [3.8, 4) is 17.3 Å². The SMILES string of the molecule is Fc1ccc(OC2CCN(c3cc(C(F)(F)F)nc(-c4ccccn4)n3)CC2)cc1.